The summed E-state index contributed by atoms with van der Waals surface area (Å²) < 4.78 is 16.3. The maximum Gasteiger partial charge on any atom is 0.254 e. The minimum Gasteiger partial charge on any atom is -0.598 e. The zero-order valence-electron chi connectivity index (χ0n) is 20.2. The number of likely N-dealkylation sites (tertiary alicyclic amines) is 1. The number of carbonyl (C=O) groups excluding carboxylic acids is 1. The number of fused-ring (bicyclic) bond motifs is 1. The van der Waals surface area contributed by atoms with Crippen LogP contribution in [0.1, 0.15) is 65.3 Å². The predicted octanol–water partition coefficient (Wildman–Crippen LogP) is 4.04. The molecular weight excluding hydrogens is 484 g/mol. The van der Waals surface area contributed by atoms with Crippen LogP contribution in [0.5, 0.6) is 0 Å². The normalized spacial score (nSPS) is 19.5. The lowest BCUT2D eigenvalue weighted by Gasteiger charge is -2.35. The molecule has 0 radical (unpaired) electrons. The molecule has 1 N–H and O–H groups in total. The minimum atomic E-state index is -1.18. The molecule has 2 atom stereocenters. The molecule has 0 spiro atoms. The summed E-state index contributed by atoms with van der Waals surface area (Å²) in [7, 11) is 0. The fourth-order valence-electron chi connectivity index (χ4n) is 5.15. The lowest BCUT2D eigenvalue weighted by Crippen LogP contribution is -2.39. The van der Waals surface area contributed by atoms with Crippen molar-refractivity contribution in [1.29, 1.82) is 0 Å². The van der Waals surface area contributed by atoms with E-state index in [4.69, 9.17) is 21.7 Å². The number of nitrogens with one attached hydrogen (secondary N) is 1. The van der Waals surface area contributed by atoms with Gasteiger partial charge in [-0.3, -0.25) is 4.79 Å². The van der Waals surface area contributed by atoms with E-state index in [9.17, 15) is 9.35 Å². The van der Waals surface area contributed by atoms with E-state index in [1.165, 1.54) is 12.8 Å². The molecule has 35 heavy (non-hydrogen) atoms. The number of nitrogens with zero attached hydrogens (tertiary/aromatic N) is 5. The third-order valence-corrected chi connectivity index (χ3v) is 7.69. The Bertz CT molecular complexity index is 1230. The Kier molecular flexibility index (Phi) is 7.20. The average molecular weight is 515 g/mol. The Morgan fingerprint density at radius 1 is 1.20 bits per heavy atom. The first-order valence-corrected chi connectivity index (χ1v) is 14.1. The largest absolute Gasteiger partial charge is 0.598 e. The van der Waals surface area contributed by atoms with Gasteiger partial charge in [0, 0.05) is 59.4 Å². The third-order valence-electron chi connectivity index (χ3n) is 6.90. The number of hydrogen-bond acceptors (Lipinski definition) is 6. The summed E-state index contributed by atoms with van der Waals surface area (Å²) in [6.07, 6.45) is 8.84. The Labute approximate surface area is 214 Å². The summed E-state index contributed by atoms with van der Waals surface area (Å²) in [6.45, 7) is 5.14. The number of benzene rings is 1. The third kappa shape index (κ3) is 5.14. The number of rotatable bonds is 6. The first kappa shape index (κ1) is 24.4. The summed E-state index contributed by atoms with van der Waals surface area (Å²) in [5.74, 6) is 0.956. The second-order valence-corrected chi connectivity index (χ2v) is 11.0. The van der Waals surface area contributed by atoms with Crippen molar-refractivity contribution in [3.8, 4) is 0 Å². The van der Waals surface area contributed by atoms with Gasteiger partial charge in [-0.2, -0.15) is 5.10 Å². The SMILES string of the molecule is Cc1cn2nc(C3CCCCN3C(=O)c3cc(Cl)ccc3CN[S+](C)[O-])cc2nc1N1CCCC1. The standard InChI is InChI=1S/C25H31ClN6O2S/c1-17-16-32-23(28-24(17)30-10-5-6-11-30)14-21(29-32)22-7-3-4-12-31(22)25(33)20-13-19(26)9-8-18(20)15-27-35(2)34/h8-9,13-14,16,22,27H,3-7,10-12,15H2,1-2H3. The fraction of sp³-hybridized carbons (Fsp3) is 0.480. The molecule has 0 saturated carbocycles. The van der Waals surface area contributed by atoms with Gasteiger partial charge in [-0.15, -0.1) is 4.72 Å². The van der Waals surface area contributed by atoms with Crippen molar-refractivity contribution in [3.63, 3.8) is 0 Å². The Morgan fingerprint density at radius 2 is 1.97 bits per heavy atom. The van der Waals surface area contributed by atoms with Crippen molar-refractivity contribution in [3.05, 3.63) is 57.9 Å². The van der Waals surface area contributed by atoms with E-state index in [1.807, 2.05) is 27.7 Å². The van der Waals surface area contributed by atoms with E-state index >= 15 is 0 Å². The maximum absolute atomic E-state index is 13.8. The molecule has 2 fully saturated rings. The molecular formula is C25H31ClN6O2S. The maximum atomic E-state index is 13.8. The molecule has 2 aromatic heterocycles. The Hall–Kier alpha value is -2.33. The van der Waals surface area contributed by atoms with E-state index in [0.717, 1.165) is 60.6 Å². The van der Waals surface area contributed by atoms with Crippen molar-refractivity contribution in [2.24, 2.45) is 0 Å². The molecule has 2 aliphatic heterocycles. The van der Waals surface area contributed by atoms with E-state index < -0.39 is 11.4 Å². The monoisotopic (exact) mass is 514 g/mol. The Balaban J connectivity index is 1.46. The van der Waals surface area contributed by atoms with Gasteiger partial charge in [0.15, 0.2) is 5.65 Å². The molecule has 2 unspecified atom stereocenters. The van der Waals surface area contributed by atoms with Crippen LogP contribution in [0.4, 0.5) is 5.82 Å². The summed E-state index contributed by atoms with van der Waals surface area (Å²) >= 11 is 5.09. The summed E-state index contributed by atoms with van der Waals surface area (Å²) in [4.78, 5) is 23.0. The number of piperidine rings is 1. The molecule has 186 valence electrons. The number of aromatic nitrogens is 3. The highest BCUT2D eigenvalue weighted by atomic mass is 35.5. The molecule has 0 bridgehead atoms. The van der Waals surface area contributed by atoms with Crippen LogP contribution < -0.4 is 9.62 Å². The summed E-state index contributed by atoms with van der Waals surface area (Å²) in [6, 6.07) is 7.19. The molecule has 8 nitrogen and oxygen atoms in total. The second kappa shape index (κ2) is 10.3. The highest BCUT2D eigenvalue weighted by Crippen LogP contribution is 2.33. The average Bonchev–Trinajstić information content (AvgIpc) is 3.52. The number of aryl methyl sites for hydroxylation is 1. The van der Waals surface area contributed by atoms with Crippen LogP contribution in [-0.4, -0.2) is 55.8 Å². The Morgan fingerprint density at radius 3 is 2.74 bits per heavy atom. The van der Waals surface area contributed by atoms with Gasteiger partial charge in [-0.05, 0) is 56.7 Å². The van der Waals surface area contributed by atoms with E-state index in [-0.39, 0.29) is 11.9 Å². The van der Waals surface area contributed by atoms with E-state index in [2.05, 4.69) is 16.5 Å². The fourth-order valence-corrected chi connectivity index (χ4v) is 5.68. The van der Waals surface area contributed by atoms with Crippen molar-refractivity contribution >= 4 is 40.3 Å². The molecule has 1 amide bonds. The summed E-state index contributed by atoms with van der Waals surface area (Å²) in [5.41, 5.74) is 4.09. The topological polar surface area (TPSA) is 88.8 Å². The molecule has 0 aliphatic carbocycles. The molecule has 4 heterocycles. The van der Waals surface area contributed by atoms with Crippen LogP contribution in [0, 0.1) is 6.92 Å². The van der Waals surface area contributed by atoms with Crippen LogP contribution in [0.3, 0.4) is 0 Å². The highest BCUT2D eigenvalue weighted by molar-refractivity contribution is 7.88. The van der Waals surface area contributed by atoms with Crippen LogP contribution in [0.25, 0.3) is 5.65 Å². The summed E-state index contributed by atoms with van der Waals surface area (Å²) in [5, 5.41) is 5.36. The first-order valence-electron chi connectivity index (χ1n) is 12.2. The molecule has 3 aromatic rings. The molecule has 5 rings (SSSR count). The van der Waals surface area contributed by atoms with Gasteiger partial charge in [0.25, 0.3) is 5.91 Å². The first-order chi connectivity index (χ1) is 16.9. The predicted molar refractivity (Wildman–Crippen MR) is 139 cm³/mol. The van der Waals surface area contributed by atoms with Crippen LogP contribution >= 0.6 is 11.6 Å². The molecule has 10 heteroatoms. The van der Waals surface area contributed by atoms with Crippen LogP contribution in [0.2, 0.25) is 5.02 Å². The number of hydrogen-bond donors (Lipinski definition) is 1. The van der Waals surface area contributed by atoms with Gasteiger partial charge in [-0.25, -0.2) is 9.50 Å². The number of anilines is 1. The molecule has 2 aliphatic rings. The van der Waals surface area contributed by atoms with Gasteiger partial charge in [0.2, 0.25) is 0 Å². The molecule has 2 saturated heterocycles. The lowest BCUT2D eigenvalue weighted by atomic mass is 9.97. The van der Waals surface area contributed by atoms with Crippen molar-refractivity contribution in [1.82, 2.24) is 24.2 Å². The minimum absolute atomic E-state index is 0.0742. The number of carbonyl (C=O) groups is 1. The second-order valence-electron chi connectivity index (χ2n) is 9.40. The van der Waals surface area contributed by atoms with E-state index in [0.29, 0.717) is 23.7 Å². The van der Waals surface area contributed by atoms with Crippen LogP contribution in [-0.2, 0) is 17.9 Å². The highest BCUT2D eigenvalue weighted by Gasteiger charge is 2.32. The zero-order chi connectivity index (χ0) is 24.5. The lowest BCUT2D eigenvalue weighted by molar-refractivity contribution is 0.0604. The van der Waals surface area contributed by atoms with Gasteiger partial charge in [0.05, 0.1) is 18.3 Å². The van der Waals surface area contributed by atoms with Gasteiger partial charge in [0.1, 0.15) is 12.1 Å². The van der Waals surface area contributed by atoms with Crippen LogP contribution in [0.15, 0.2) is 30.5 Å². The van der Waals surface area contributed by atoms with Gasteiger partial charge in [-0.1, -0.05) is 17.7 Å². The van der Waals surface area contributed by atoms with Gasteiger partial charge >= 0.3 is 0 Å². The van der Waals surface area contributed by atoms with Crippen molar-refractivity contribution in [2.75, 3.05) is 30.8 Å². The smallest absolute Gasteiger partial charge is 0.254 e. The number of halogens is 1. The van der Waals surface area contributed by atoms with Crippen molar-refractivity contribution in [2.45, 2.75) is 51.6 Å². The number of amides is 1. The van der Waals surface area contributed by atoms with Crippen molar-refractivity contribution < 1.29 is 9.35 Å². The van der Waals surface area contributed by atoms with Gasteiger partial charge < -0.3 is 14.4 Å². The molecule has 1 aromatic carbocycles. The quantitative estimate of drug-likeness (QED) is 0.499. The van der Waals surface area contributed by atoms with E-state index in [1.54, 1.807) is 18.4 Å². The zero-order valence-corrected chi connectivity index (χ0v) is 21.7.